The highest BCUT2D eigenvalue weighted by molar-refractivity contribution is 8.00. The Balaban J connectivity index is 1.82. The molecule has 2 amide bonds. The van der Waals surface area contributed by atoms with Gasteiger partial charge in [-0.2, -0.15) is 0 Å². The van der Waals surface area contributed by atoms with Crippen LogP contribution in [0, 0.1) is 22.7 Å². The van der Waals surface area contributed by atoms with Crippen LogP contribution in [0.3, 0.4) is 0 Å². The van der Waals surface area contributed by atoms with Crippen molar-refractivity contribution in [2.24, 2.45) is 28.4 Å². The first-order valence-corrected chi connectivity index (χ1v) is 10.8. The maximum atomic E-state index is 13.6. The van der Waals surface area contributed by atoms with Crippen LogP contribution in [-0.2, 0) is 9.59 Å². The number of thioether (sulfide) groups is 1. The standard InChI is InChI=1S/C22H33N3O2S/c1-21(2,3)18(28-14-10-8-13(9-11-14)24(6)7)20(27)25-12-15-16(22(15,4)5)17(25)19(23)26/h8-11,15-18H,12H2,1-7H3,(H2,23,26)/t15?,16?,17?,18-/m1/s1. The molecule has 1 saturated heterocycles. The van der Waals surface area contributed by atoms with E-state index in [0.717, 1.165) is 10.6 Å². The molecule has 6 heteroatoms. The van der Waals surface area contributed by atoms with E-state index in [0.29, 0.717) is 12.5 Å². The molecular formula is C22H33N3O2S. The third-order valence-corrected chi connectivity index (χ3v) is 8.09. The van der Waals surface area contributed by atoms with Gasteiger partial charge in [0.2, 0.25) is 11.8 Å². The van der Waals surface area contributed by atoms with Gasteiger partial charge in [0.15, 0.2) is 0 Å². The van der Waals surface area contributed by atoms with Crippen LogP contribution in [0.5, 0.6) is 0 Å². The number of nitrogens with two attached hydrogens (primary N) is 1. The van der Waals surface area contributed by atoms with Crippen molar-refractivity contribution in [2.75, 3.05) is 25.5 Å². The second-order valence-corrected chi connectivity index (χ2v) is 11.2. The lowest BCUT2D eigenvalue weighted by Gasteiger charge is -2.36. The molecule has 3 rings (SSSR count). The van der Waals surface area contributed by atoms with E-state index in [2.05, 4.69) is 63.8 Å². The highest BCUT2D eigenvalue weighted by atomic mass is 32.2. The van der Waals surface area contributed by atoms with Crippen LogP contribution >= 0.6 is 11.8 Å². The zero-order chi connectivity index (χ0) is 21.0. The molecule has 154 valence electrons. The molecule has 4 atom stereocenters. The third-order valence-electron chi connectivity index (χ3n) is 6.40. The van der Waals surface area contributed by atoms with Crippen molar-refractivity contribution in [2.45, 2.75) is 50.8 Å². The van der Waals surface area contributed by atoms with Crippen molar-refractivity contribution in [1.29, 1.82) is 0 Å². The highest BCUT2D eigenvalue weighted by Gasteiger charge is 2.69. The molecule has 1 aliphatic heterocycles. The van der Waals surface area contributed by atoms with Crippen LogP contribution in [0.25, 0.3) is 0 Å². The summed E-state index contributed by atoms with van der Waals surface area (Å²) in [6, 6.07) is 7.76. The first-order chi connectivity index (χ1) is 12.9. The number of nitrogens with zero attached hydrogens (tertiary/aromatic N) is 2. The number of carbonyl (C=O) groups excluding carboxylic acids is 2. The summed E-state index contributed by atoms with van der Waals surface area (Å²) in [6.07, 6.45) is 0. The van der Waals surface area contributed by atoms with Crippen molar-refractivity contribution in [3.8, 4) is 0 Å². The number of anilines is 1. The third kappa shape index (κ3) is 3.63. The first-order valence-electron chi connectivity index (χ1n) is 9.89. The maximum Gasteiger partial charge on any atom is 0.240 e. The van der Waals surface area contributed by atoms with E-state index in [1.807, 2.05) is 14.1 Å². The number of rotatable bonds is 5. The topological polar surface area (TPSA) is 66.6 Å². The van der Waals surface area contributed by atoms with Gasteiger partial charge in [0.1, 0.15) is 6.04 Å². The number of hydrogen-bond donors (Lipinski definition) is 1. The number of fused-ring (bicyclic) bond motifs is 1. The Kier molecular flexibility index (Phi) is 5.24. The van der Waals surface area contributed by atoms with Crippen LogP contribution in [0.4, 0.5) is 5.69 Å². The van der Waals surface area contributed by atoms with Crippen molar-refractivity contribution in [3.63, 3.8) is 0 Å². The summed E-state index contributed by atoms with van der Waals surface area (Å²) in [4.78, 5) is 30.6. The summed E-state index contributed by atoms with van der Waals surface area (Å²) in [7, 11) is 4.02. The van der Waals surface area contributed by atoms with Crippen molar-refractivity contribution >= 4 is 29.3 Å². The fraction of sp³-hybridized carbons (Fsp3) is 0.636. The zero-order valence-corrected chi connectivity index (χ0v) is 18.8. The molecule has 2 aliphatic rings. The molecule has 5 nitrogen and oxygen atoms in total. The lowest BCUT2D eigenvalue weighted by Crippen LogP contribution is -2.52. The summed E-state index contributed by atoms with van der Waals surface area (Å²) in [5.74, 6) is 0.221. The average molecular weight is 404 g/mol. The van der Waals surface area contributed by atoms with Gasteiger partial charge >= 0.3 is 0 Å². The smallest absolute Gasteiger partial charge is 0.240 e. The van der Waals surface area contributed by atoms with E-state index < -0.39 is 6.04 Å². The Bertz CT molecular complexity index is 767. The van der Waals surface area contributed by atoms with E-state index in [1.54, 1.807) is 16.7 Å². The van der Waals surface area contributed by atoms with E-state index in [9.17, 15) is 9.59 Å². The summed E-state index contributed by atoms with van der Waals surface area (Å²) in [6.45, 7) is 11.2. The molecule has 0 aromatic heterocycles. The fourth-order valence-electron chi connectivity index (χ4n) is 4.55. The van der Waals surface area contributed by atoms with Crippen molar-refractivity contribution in [3.05, 3.63) is 24.3 Å². The first kappa shape index (κ1) is 21.0. The number of likely N-dealkylation sites (tertiary alicyclic amines) is 1. The fourth-order valence-corrected chi connectivity index (χ4v) is 5.70. The van der Waals surface area contributed by atoms with Crippen LogP contribution in [0.1, 0.15) is 34.6 Å². The quantitative estimate of drug-likeness (QED) is 0.767. The van der Waals surface area contributed by atoms with E-state index >= 15 is 0 Å². The van der Waals surface area contributed by atoms with Gasteiger partial charge in [-0.15, -0.1) is 11.8 Å². The Morgan fingerprint density at radius 1 is 1.21 bits per heavy atom. The van der Waals surface area contributed by atoms with Crippen LogP contribution < -0.4 is 10.6 Å². The molecule has 1 aromatic carbocycles. The zero-order valence-electron chi connectivity index (χ0n) is 18.0. The maximum absolute atomic E-state index is 13.6. The van der Waals surface area contributed by atoms with E-state index in [1.165, 1.54) is 0 Å². The summed E-state index contributed by atoms with van der Waals surface area (Å²) in [5, 5.41) is -0.278. The van der Waals surface area contributed by atoms with Crippen molar-refractivity contribution < 1.29 is 9.59 Å². The molecule has 0 spiro atoms. The number of primary amides is 1. The average Bonchev–Trinajstić information content (AvgIpc) is 2.95. The monoisotopic (exact) mass is 403 g/mol. The van der Waals surface area contributed by atoms with Gasteiger partial charge in [0.25, 0.3) is 0 Å². The lowest BCUT2D eigenvalue weighted by atomic mass is 9.90. The van der Waals surface area contributed by atoms with Gasteiger partial charge in [-0.25, -0.2) is 0 Å². The Hall–Kier alpha value is -1.69. The number of piperidine rings is 1. The summed E-state index contributed by atoms with van der Waals surface area (Å²) >= 11 is 1.58. The highest BCUT2D eigenvalue weighted by Crippen LogP contribution is 2.65. The van der Waals surface area contributed by atoms with Gasteiger partial charge in [-0.3, -0.25) is 9.59 Å². The Morgan fingerprint density at radius 3 is 2.25 bits per heavy atom. The largest absolute Gasteiger partial charge is 0.378 e. The minimum Gasteiger partial charge on any atom is -0.378 e. The normalized spacial score (nSPS) is 26.5. The van der Waals surface area contributed by atoms with Gasteiger partial charge in [-0.05, 0) is 46.9 Å². The molecule has 1 aliphatic carbocycles. The number of amides is 2. The van der Waals surface area contributed by atoms with Gasteiger partial charge in [0, 0.05) is 31.2 Å². The Labute approximate surface area is 173 Å². The van der Waals surface area contributed by atoms with Gasteiger partial charge in [0.05, 0.1) is 5.25 Å². The van der Waals surface area contributed by atoms with Gasteiger partial charge < -0.3 is 15.5 Å². The van der Waals surface area contributed by atoms with E-state index in [-0.39, 0.29) is 33.8 Å². The second-order valence-electron chi connectivity index (χ2n) is 10.0. The Morgan fingerprint density at radius 2 is 1.79 bits per heavy atom. The number of carbonyl (C=O) groups is 2. The molecule has 28 heavy (non-hydrogen) atoms. The number of hydrogen-bond acceptors (Lipinski definition) is 4. The predicted octanol–water partition coefficient (Wildman–Crippen LogP) is 3.23. The predicted molar refractivity (Wildman–Crippen MR) is 115 cm³/mol. The molecule has 1 heterocycles. The second kappa shape index (κ2) is 6.97. The molecular weight excluding hydrogens is 370 g/mol. The summed E-state index contributed by atoms with van der Waals surface area (Å²) < 4.78 is 0. The molecule has 2 fully saturated rings. The number of benzene rings is 1. The van der Waals surface area contributed by atoms with Crippen LogP contribution in [0.15, 0.2) is 29.2 Å². The van der Waals surface area contributed by atoms with Gasteiger partial charge in [-0.1, -0.05) is 34.6 Å². The summed E-state index contributed by atoms with van der Waals surface area (Å²) in [5.41, 5.74) is 6.71. The lowest BCUT2D eigenvalue weighted by molar-refractivity contribution is -0.140. The van der Waals surface area contributed by atoms with Crippen molar-refractivity contribution in [1.82, 2.24) is 4.90 Å². The van der Waals surface area contributed by atoms with Crippen LogP contribution in [0.2, 0.25) is 0 Å². The molecule has 0 radical (unpaired) electrons. The molecule has 3 unspecified atom stereocenters. The molecule has 1 aromatic rings. The minimum atomic E-state index is -0.478. The molecule has 2 N–H and O–H groups in total. The van der Waals surface area contributed by atoms with E-state index in [4.69, 9.17) is 5.73 Å². The molecule has 1 saturated carbocycles. The molecule has 0 bridgehead atoms. The SMILES string of the molecule is CN(C)c1ccc(S[C@H](C(=O)N2CC3C(C2C(N)=O)C3(C)C)C(C)(C)C)cc1. The van der Waals surface area contributed by atoms with Crippen LogP contribution in [-0.4, -0.2) is 48.6 Å². The minimum absolute atomic E-state index is 0.0287.